The summed E-state index contributed by atoms with van der Waals surface area (Å²) in [6.07, 6.45) is -12.9. The summed E-state index contributed by atoms with van der Waals surface area (Å²) in [6.45, 7) is -1.42. The van der Waals surface area contributed by atoms with Gasteiger partial charge in [-0.1, -0.05) is 0 Å². The minimum absolute atomic E-state index is 0.0385. The van der Waals surface area contributed by atoms with Gasteiger partial charge < -0.3 is 83.5 Å². The van der Waals surface area contributed by atoms with E-state index in [-0.39, 0.29) is 34.5 Å². The summed E-state index contributed by atoms with van der Waals surface area (Å²) in [7, 11) is 5.23. The van der Waals surface area contributed by atoms with Crippen molar-refractivity contribution in [1.29, 1.82) is 0 Å². The van der Waals surface area contributed by atoms with Gasteiger partial charge in [-0.2, -0.15) is 0 Å². The van der Waals surface area contributed by atoms with Crippen LogP contribution in [-0.2, 0) is 33.3 Å². The third kappa shape index (κ3) is 9.65. The molecule has 0 amide bonds. The van der Waals surface area contributed by atoms with E-state index in [0.717, 1.165) is 12.2 Å². The number of aromatic hydroxyl groups is 2. The van der Waals surface area contributed by atoms with Gasteiger partial charge in [0.1, 0.15) is 42.7 Å². The average Bonchev–Trinajstić information content (AvgIpc) is 3.15. The molecule has 0 radical (unpaired) electrons. The van der Waals surface area contributed by atoms with Crippen LogP contribution in [0.25, 0.3) is 12.2 Å². The van der Waals surface area contributed by atoms with Gasteiger partial charge in [-0.3, -0.25) is 0 Å². The summed E-state index contributed by atoms with van der Waals surface area (Å²) >= 11 is 0. The molecule has 2 aliphatic heterocycles. The largest absolute Gasteiger partial charge is 0.502 e. The lowest BCUT2D eigenvalue weighted by Gasteiger charge is -2.43. The van der Waals surface area contributed by atoms with E-state index in [2.05, 4.69) is 0 Å². The second-order valence-electron chi connectivity index (χ2n) is 11.6. The van der Waals surface area contributed by atoms with Crippen LogP contribution in [0, 0.1) is 0 Å². The van der Waals surface area contributed by atoms with E-state index in [1.807, 2.05) is 0 Å². The number of methoxy groups -OCH3 is 4. The van der Waals surface area contributed by atoms with E-state index in [1.165, 1.54) is 64.9 Å². The number of benzene rings is 2. The molecule has 53 heavy (non-hydrogen) atoms. The molecule has 10 atom stereocenters. The zero-order valence-corrected chi connectivity index (χ0v) is 28.9. The topological polar surface area (TPSA) is 279 Å². The van der Waals surface area contributed by atoms with Crippen LogP contribution in [0.15, 0.2) is 36.4 Å². The molecule has 0 saturated carbocycles. The van der Waals surface area contributed by atoms with E-state index in [4.69, 9.17) is 42.6 Å². The third-order valence-electron chi connectivity index (χ3n) is 8.23. The molecular weight excluding hydrogens is 712 g/mol. The van der Waals surface area contributed by atoms with Gasteiger partial charge >= 0.3 is 11.9 Å². The Bertz CT molecular complexity index is 1570. The minimum Gasteiger partial charge on any atom is -0.502 e. The van der Waals surface area contributed by atoms with Crippen molar-refractivity contribution >= 4 is 24.1 Å². The lowest BCUT2D eigenvalue weighted by molar-refractivity contribution is -0.327. The quantitative estimate of drug-likeness (QED) is 0.0811. The molecule has 19 heteroatoms. The Morgan fingerprint density at radius 3 is 1.51 bits per heavy atom. The van der Waals surface area contributed by atoms with Gasteiger partial charge in [0.25, 0.3) is 0 Å². The summed E-state index contributed by atoms with van der Waals surface area (Å²) < 4.78 is 47.7. The van der Waals surface area contributed by atoms with E-state index in [0.29, 0.717) is 11.1 Å². The Kier molecular flexibility index (Phi) is 14.2. The zero-order chi connectivity index (χ0) is 39.0. The van der Waals surface area contributed by atoms with Crippen molar-refractivity contribution in [2.45, 2.75) is 61.4 Å². The molecule has 10 unspecified atom stereocenters. The lowest BCUT2D eigenvalue weighted by Crippen LogP contribution is -2.62. The molecule has 2 heterocycles. The third-order valence-corrected chi connectivity index (χ3v) is 8.23. The van der Waals surface area contributed by atoms with Crippen LogP contribution in [0.1, 0.15) is 11.1 Å². The van der Waals surface area contributed by atoms with E-state index >= 15 is 0 Å². The maximum atomic E-state index is 13.0. The van der Waals surface area contributed by atoms with E-state index in [9.17, 15) is 50.4 Å². The molecule has 2 fully saturated rings. The normalized spacial score (nSPS) is 28.8. The number of hydrogen-bond acceptors (Lipinski definition) is 19. The highest BCUT2D eigenvalue weighted by Gasteiger charge is 2.50. The molecule has 2 aromatic rings. The molecule has 0 aliphatic carbocycles. The van der Waals surface area contributed by atoms with Gasteiger partial charge in [-0.05, 0) is 47.5 Å². The van der Waals surface area contributed by atoms with Crippen LogP contribution in [0.3, 0.4) is 0 Å². The van der Waals surface area contributed by atoms with Gasteiger partial charge in [-0.25, -0.2) is 9.59 Å². The minimum atomic E-state index is -1.97. The number of ether oxygens (including phenoxy) is 9. The predicted octanol–water partition coefficient (Wildman–Crippen LogP) is -1.42. The van der Waals surface area contributed by atoms with Gasteiger partial charge in [0.15, 0.2) is 35.4 Å². The van der Waals surface area contributed by atoms with Gasteiger partial charge in [0.2, 0.25) is 17.8 Å². The van der Waals surface area contributed by atoms with Gasteiger partial charge in [0.05, 0.1) is 41.7 Å². The summed E-state index contributed by atoms with van der Waals surface area (Å²) in [4.78, 5) is 26.0. The van der Waals surface area contributed by atoms with Gasteiger partial charge in [0, 0.05) is 12.2 Å². The van der Waals surface area contributed by atoms with Crippen LogP contribution in [0.2, 0.25) is 0 Å². The maximum Gasteiger partial charge on any atom is 0.333 e. The second-order valence-corrected chi connectivity index (χ2v) is 11.6. The number of aliphatic hydroxyl groups excluding tert-OH is 6. The fourth-order valence-electron chi connectivity index (χ4n) is 5.33. The Hall–Kier alpha value is -4.70. The van der Waals surface area contributed by atoms with Crippen molar-refractivity contribution in [3.63, 3.8) is 0 Å². The second kappa shape index (κ2) is 18.4. The average molecular weight is 755 g/mol. The molecule has 0 spiro atoms. The SMILES string of the molecule is COc1cc(/C=C/C(=O)OC2OC(COC3OC(CO)C(O)C(O)C3O)C(O)C(O)C2OC(=O)/C=C/c2cc(OC)c(O)c(OC)c2)cc(OC)c1O. The van der Waals surface area contributed by atoms with Crippen molar-refractivity contribution in [3.8, 4) is 34.5 Å². The zero-order valence-electron chi connectivity index (χ0n) is 28.9. The predicted molar refractivity (Wildman–Crippen MR) is 177 cm³/mol. The number of phenols is 2. The van der Waals surface area contributed by atoms with Crippen LogP contribution in [0.4, 0.5) is 0 Å². The number of esters is 2. The number of aliphatic hydroxyl groups is 6. The molecule has 292 valence electrons. The van der Waals surface area contributed by atoms with Crippen LogP contribution in [-0.4, -0.2) is 156 Å². The molecule has 0 bridgehead atoms. The first-order valence-electron chi connectivity index (χ1n) is 15.9. The van der Waals surface area contributed by atoms with Crippen molar-refractivity contribution in [3.05, 3.63) is 47.5 Å². The summed E-state index contributed by atoms with van der Waals surface area (Å²) in [5.74, 6) is -2.58. The molecule has 19 nitrogen and oxygen atoms in total. The van der Waals surface area contributed by atoms with Crippen LogP contribution < -0.4 is 18.9 Å². The highest BCUT2D eigenvalue weighted by Crippen LogP contribution is 2.38. The molecule has 2 aromatic carbocycles. The fourth-order valence-corrected chi connectivity index (χ4v) is 5.33. The van der Waals surface area contributed by atoms with E-state index in [1.54, 1.807) is 0 Å². The number of rotatable bonds is 14. The number of carbonyl (C=O) groups excluding carboxylic acids is 2. The van der Waals surface area contributed by atoms with Crippen molar-refractivity contribution in [2.75, 3.05) is 41.7 Å². The molecule has 2 aliphatic rings. The van der Waals surface area contributed by atoms with Crippen molar-refractivity contribution < 1.29 is 93.1 Å². The molecule has 2 saturated heterocycles. The van der Waals surface area contributed by atoms with E-state index < -0.39 is 86.6 Å². The Labute approximate surface area is 302 Å². The molecule has 4 rings (SSSR count). The molecular formula is C34H42O19. The number of phenolic OH excluding ortho intramolecular Hbond substituents is 2. The standard InChI is InChI=1S/C34H42O19/c1-45-17-9-15(10-18(46-2)25(17)38)5-7-23(36)52-32-30(43)28(41)22(14-49-33-31(44)29(42)27(40)21(13-35)50-33)51-34(32)53-24(37)8-6-16-11-19(47-3)26(39)20(12-16)48-4/h5-12,21-22,27-35,38-44H,13-14H2,1-4H3/b7-5+,8-6+. The maximum absolute atomic E-state index is 13.0. The summed E-state index contributed by atoms with van der Waals surface area (Å²) in [5, 5.41) is 82.3. The van der Waals surface area contributed by atoms with Crippen molar-refractivity contribution in [1.82, 2.24) is 0 Å². The highest BCUT2D eigenvalue weighted by atomic mass is 16.7. The van der Waals surface area contributed by atoms with Gasteiger partial charge in [-0.15, -0.1) is 0 Å². The lowest BCUT2D eigenvalue weighted by atomic mass is 9.98. The highest BCUT2D eigenvalue weighted by molar-refractivity contribution is 5.88. The number of hydrogen-bond donors (Lipinski definition) is 8. The summed E-state index contributed by atoms with van der Waals surface area (Å²) in [6, 6.07) is 5.56. The number of carbonyl (C=O) groups is 2. The molecule has 0 aromatic heterocycles. The first-order valence-corrected chi connectivity index (χ1v) is 15.9. The Morgan fingerprint density at radius 1 is 0.623 bits per heavy atom. The first kappa shape index (κ1) is 41.1. The first-order chi connectivity index (χ1) is 25.3. The van der Waals surface area contributed by atoms with Crippen molar-refractivity contribution in [2.24, 2.45) is 0 Å². The van der Waals surface area contributed by atoms with Crippen LogP contribution in [0.5, 0.6) is 34.5 Å². The monoisotopic (exact) mass is 754 g/mol. The smallest absolute Gasteiger partial charge is 0.333 e. The Balaban J connectivity index is 1.55. The summed E-state index contributed by atoms with van der Waals surface area (Å²) in [5.41, 5.74) is 0.657. The molecule has 8 N–H and O–H groups in total. The Morgan fingerprint density at radius 2 is 1.06 bits per heavy atom. The fraction of sp³-hybridized carbons (Fsp3) is 0.471. The van der Waals surface area contributed by atoms with Crippen LogP contribution >= 0.6 is 0 Å².